The molecule has 1 fully saturated rings. The predicted molar refractivity (Wildman–Crippen MR) is 79.0 cm³/mol. The summed E-state index contributed by atoms with van der Waals surface area (Å²) in [6.07, 6.45) is -3.38. The average molecular weight is 314 g/mol. The summed E-state index contributed by atoms with van der Waals surface area (Å²) in [5, 5.41) is 39.3. The molecule has 0 saturated carbocycles. The van der Waals surface area contributed by atoms with Crippen molar-refractivity contribution in [2.75, 3.05) is 6.61 Å². The van der Waals surface area contributed by atoms with Gasteiger partial charge in [0.15, 0.2) is 0 Å². The lowest BCUT2D eigenvalue weighted by Crippen LogP contribution is -2.60. The first-order valence-electron chi connectivity index (χ1n) is 7.69. The van der Waals surface area contributed by atoms with Crippen molar-refractivity contribution >= 4 is 6.29 Å². The van der Waals surface area contributed by atoms with Crippen LogP contribution in [0, 0.1) is 11.3 Å². The van der Waals surface area contributed by atoms with Crippen LogP contribution in [0.3, 0.4) is 0 Å². The molecule has 126 valence electrons. The second-order valence-corrected chi connectivity index (χ2v) is 7.16. The number of hydrogen-bond acceptors (Lipinski definition) is 6. The SMILES string of the molecule is CC1=C(C=O)C(C)(C)CC([C@@H]2O[C@H](CO)[C@@H](O)[C@H](O)[C@H]2O)C1. The Bertz CT molecular complexity index is 456. The number of carbonyl (C=O) groups excluding carboxylic acids is 1. The zero-order valence-corrected chi connectivity index (χ0v) is 13.3. The van der Waals surface area contributed by atoms with Gasteiger partial charge in [-0.2, -0.15) is 0 Å². The van der Waals surface area contributed by atoms with Crippen molar-refractivity contribution in [3.8, 4) is 0 Å². The van der Waals surface area contributed by atoms with Crippen molar-refractivity contribution in [2.24, 2.45) is 11.3 Å². The second-order valence-electron chi connectivity index (χ2n) is 7.16. The van der Waals surface area contributed by atoms with Crippen LogP contribution in [-0.2, 0) is 9.53 Å². The standard InChI is InChI=1S/C16H26O6/c1-8-4-9(5-16(2,3)10(8)6-17)15-14(21)13(20)12(19)11(7-18)22-15/h6,9,11-15,18-21H,4-5,7H2,1-3H3/t9?,11-,12-,13+,14-,15+/m1/s1. The number of rotatable bonds is 3. The largest absolute Gasteiger partial charge is 0.394 e. The van der Waals surface area contributed by atoms with Crippen molar-refractivity contribution in [3.05, 3.63) is 11.1 Å². The van der Waals surface area contributed by atoms with E-state index in [4.69, 9.17) is 4.74 Å². The Kier molecular flexibility index (Phi) is 5.09. The number of aldehydes is 1. The molecule has 22 heavy (non-hydrogen) atoms. The van der Waals surface area contributed by atoms with Crippen molar-refractivity contribution < 1.29 is 30.0 Å². The van der Waals surface area contributed by atoms with Crippen LogP contribution in [0.1, 0.15) is 33.6 Å². The third-order valence-corrected chi connectivity index (χ3v) is 5.04. The Hall–Kier alpha value is -0.790. The highest BCUT2D eigenvalue weighted by molar-refractivity contribution is 5.76. The van der Waals surface area contributed by atoms with E-state index in [1.807, 2.05) is 20.8 Å². The van der Waals surface area contributed by atoms with Crippen LogP contribution < -0.4 is 0 Å². The highest BCUT2D eigenvalue weighted by atomic mass is 16.5. The summed E-state index contributed by atoms with van der Waals surface area (Å²) in [5.41, 5.74) is 1.38. The fourth-order valence-electron chi connectivity index (χ4n) is 3.93. The molecule has 0 radical (unpaired) electrons. The topological polar surface area (TPSA) is 107 Å². The van der Waals surface area contributed by atoms with E-state index >= 15 is 0 Å². The van der Waals surface area contributed by atoms with Crippen LogP contribution in [0.4, 0.5) is 0 Å². The predicted octanol–water partition coefficient (Wildman–Crippen LogP) is -0.220. The molecule has 1 heterocycles. The zero-order chi connectivity index (χ0) is 16.7. The van der Waals surface area contributed by atoms with E-state index in [1.54, 1.807) is 0 Å². The van der Waals surface area contributed by atoms with Crippen LogP contribution in [0.2, 0.25) is 0 Å². The molecule has 1 aliphatic carbocycles. The first-order valence-corrected chi connectivity index (χ1v) is 7.69. The van der Waals surface area contributed by atoms with Gasteiger partial charge in [0.1, 0.15) is 30.7 Å². The Morgan fingerprint density at radius 3 is 2.36 bits per heavy atom. The summed E-state index contributed by atoms with van der Waals surface area (Å²) in [5.74, 6) is -0.0927. The van der Waals surface area contributed by atoms with E-state index in [2.05, 4.69) is 0 Å². The first-order chi connectivity index (χ1) is 10.2. The van der Waals surface area contributed by atoms with Gasteiger partial charge in [0.2, 0.25) is 0 Å². The summed E-state index contributed by atoms with van der Waals surface area (Å²) < 4.78 is 5.66. The third kappa shape index (κ3) is 2.98. The van der Waals surface area contributed by atoms with E-state index in [-0.39, 0.29) is 11.3 Å². The molecule has 6 heteroatoms. The van der Waals surface area contributed by atoms with Gasteiger partial charge in [0.25, 0.3) is 0 Å². The van der Waals surface area contributed by atoms with Gasteiger partial charge in [0, 0.05) is 0 Å². The van der Waals surface area contributed by atoms with Gasteiger partial charge < -0.3 is 25.2 Å². The molecule has 6 atom stereocenters. The quantitative estimate of drug-likeness (QED) is 0.537. The fourth-order valence-corrected chi connectivity index (χ4v) is 3.93. The van der Waals surface area contributed by atoms with Crippen LogP contribution >= 0.6 is 0 Å². The van der Waals surface area contributed by atoms with Gasteiger partial charge >= 0.3 is 0 Å². The van der Waals surface area contributed by atoms with Crippen LogP contribution in [0.25, 0.3) is 0 Å². The molecule has 0 aromatic heterocycles. The van der Waals surface area contributed by atoms with Crippen molar-refractivity contribution in [1.82, 2.24) is 0 Å². The summed E-state index contributed by atoms with van der Waals surface area (Å²) in [6, 6.07) is 0. The summed E-state index contributed by atoms with van der Waals surface area (Å²) >= 11 is 0. The van der Waals surface area contributed by atoms with Gasteiger partial charge in [0.05, 0.1) is 12.7 Å². The number of hydrogen-bond donors (Lipinski definition) is 4. The summed E-state index contributed by atoms with van der Waals surface area (Å²) in [4.78, 5) is 11.3. The van der Waals surface area contributed by atoms with Gasteiger partial charge in [-0.15, -0.1) is 0 Å². The van der Waals surface area contributed by atoms with Crippen LogP contribution in [0.5, 0.6) is 0 Å². The average Bonchev–Trinajstić information content (AvgIpc) is 2.44. The minimum atomic E-state index is -1.35. The lowest BCUT2D eigenvalue weighted by atomic mass is 9.66. The molecule has 1 saturated heterocycles. The number of carbonyl (C=O) groups is 1. The van der Waals surface area contributed by atoms with E-state index in [0.29, 0.717) is 12.8 Å². The van der Waals surface area contributed by atoms with Gasteiger partial charge in [-0.1, -0.05) is 19.4 Å². The minimum absolute atomic E-state index is 0.0927. The zero-order valence-electron chi connectivity index (χ0n) is 13.3. The maximum Gasteiger partial charge on any atom is 0.146 e. The molecule has 2 rings (SSSR count). The maximum atomic E-state index is 11.3. The smallest absolute Gasteiger partial charge is 0.146 e. The number of allylic oxidation sites excluding steroid dienone is 2. The highest BCUT2D eigenvalue weighted by Crippen LogP contribution is 2.45. The minimum Gasteiger partial charge on any atom is -0.394 e. The molecule has 0 amide bonds. The van der Waals surface area contributed by atoms with E-state index in [1.165, 1.54) is 0 Å². The van der Waals surface area contributed by atoms with Crippen LogP contribution in [-0.4, -0.2) is 63.8 Å². The van der Waals surface area contributed by atoms with Crippen molar-refractivity contribution in [2.45, 2.75) is 64.1 Å². The molecule has 1 aliphatic heterocycles. The molecule has 0 aromatic carbocycles. The third-order valence-electron chi connectivity index (χ3n) is 5.04. The van der Waals surface area contributed by atoms with Gasteiger partial charge in [-0.3, -0.25) is 4.79 Å². The normalized spacial score (nSPS) is 42.3. The van der Waals surface area contributed by atoms with E-state index in [0.717, 1.165) is 17.4 Å². The molecule has 6 nitrogen and oxygen atoms in total. The molecule has 0 spiro atoms. The Morgan fingerprint density at radius 2 is 1.86 bits per heavy atom. The molecule has 0 aromatic rings. The molecule has 2 aliphatic rings. The van der Waals surface area contributed by atoms with E-state index in [9.17, 15) is 25.2 Å². The summed E-state index contributed by atoms with van der Waals surface area (Å²) in [6.45, 7) is 5.40. The monoisotopic (exact) mass is 314 g/mol. The maximum absolute atomic E-state index is 11.3. The number of aliphatic hydroxyl groups excluding tert-OH is 4. The van der Waals surface area contributed by atoms with Crippen LogP contribution in [0.15, 0.2) is 11.1 Å². The molecule has 1 unspecified atom stereocenters. The Balaban J connectivity index is 2.25. The highest BCUT2D eigenvalue weighted by Gasteiger charge is 2.48. The molecular formula is C16H26O6. The lowest BCUT2D eigenvalue weighted by molar-refractivity contribution is -0.243. The molecular weight excluding hydrogens is 288 g/mol. The Morgan fingerprint density at radius 1 is 1.23 bits per heavy atom. The van der Waals surface area contributed by atoms with Crippen molar-refractivity contribution in [3.63, 3.8) is 0 Å². The lowest BCUT2D eigenvalue weighted by Gasteiger charge is -2.47. The summed E-state index contributed by atoms with van der Waals surface area (Å²) in [7, 11) is 0. The number of ether oxygens (including phenoxy) is 1. The second kappa shape index (κ2) is 6.37. The van der Waals surface area contributed by atoms with Gasteiger partial charge in [-0.25, -0.2) is 0 Å². The fraction of sp³-hybridized carbons (Fsp3) is 0.812. The Labute approximate surface area is 130 Å². The molecule has 0 bridgehead atoms. The van der Waals surface area contributed by atoms with Gasteiger partial charge in [-0.05, 0) is 36.7 Å². The van der Waals surface area contributed by atoms with Crippen molar-refractivity contribution in [1.29, 1.82) is 0 Å². The first kappa shape index (κ1) is 17.6. The number of aliphatic hydroxyl groups is 4. The van der Waals surface area contributed by atoms with E-state index < -0.39 is 37.1 Å². The molecule has 4 N–H and O–H groups in total.